The molecule has 0 aliphatic carbocycles. The van der Waals surface area contributed by atoms with Gasteiger partial charge in [-0.2, -0.15) is 0 Å². The van der Waals surface area contributed by atoms with Gasteiger partial charge in [0.25, 0.3) is 0 Å². The average Bonchev–Trinajstić information content (AvgIpc) is 2.60. The number of anilines is 1. The van der Waals surface area contributed by atoms with Crippen molar-refractivity contribution in [3.63, 3.8) is 0 Å². The molecule has 2 heteroatoms. The largest absolute Gasteiger partial charge is 0.384 e. The highest BCUT2D eigenvalue weighted by Gasteiger charge is 2.24. The second-order valence-corrected chi connectivity index (χ2v) is 5.48. The van der Waals surface area contributed by atoms with Crippen LogP contribution in [0.4, 0.5) is 5.69 Å². The van der Waals surface area contributed by atoms with Crippen molar-refractivity contribution in [2.75, 3.05) is 25.0 Å². The van der Waals surface area contributed by atoms with E-state index in [0.29, 0.717) is 0 Å². The minimum atomic E-state index is 0.754. The molecule has 2 rings (SSSR count). The third kappa shape index (κ3) is 3.47. The van der Waals surface area contributed by atoms with Gasteiger partial charge >= 0.3 is 0 Å². The van der Waals surface area contributed by atoms with Gasteiger partial charge < -0.3 is 5.32 Å². The molecule has 1 aliphatic rings. The SMILES string of the molecule is Cc1ccc(NCCN2CC(C)CC2C)cc1. The van der Waals surface area contributed by atoms with Gasteiger partial charge in [0, 0.05) is 31.4 Å². The molecule has 17 heavy (non-hydrogen) atoms. The van der Waals surface area contributed by atoms with E-state index in [9.17, 15) is 0 Å². The van der Waals surface area contributed by atoms with Crippen molar-refractivity contribution < 1.29 is 0 Å². The average molecular weight is 232 g/mol. The lowest BCUT2D eigenvalue weighted by molar-refractivity contribution is 0.275. The van der Waals surface area contributed by atoms with Crippen LogP contribution in [0.5, 0.6) is 0 Å². The minimum absolute atomic E-state index is 0.754. The Morgan fingerprint density at radius 2 is 1.94 bits per heavy atom. The predicted octanol–water partition coefficient (Wildman–Crippen LogP) is 3.14. The van der Waals surface area contributed by atoms with Gasteiger partial charge in [-0.05, 0) is 38.3 Å². The van der Waals surface area contributed by atoms with Crippen LogP contribution in [0, 0.1) is 12.8 Å². The van der Waals surface area contributed by atoms with Crippen LogP contribution in [-0.2, 0) is 0 Å². The molecule has 1 aromatic carbocycles. The van der Waals surface area contributed by atoms with E-state index in [1.807, 2.05) is 0 Å². The molecule has 0 bridgehead atoms. The van der Waals surface area contributed by atoms with Gasteiger partial charge in [0.1, 0.15) is 0 Å². The molecule has 1 heterocycles. The van der Waals surface area contributed by atoms with Crippen LogP contribution in [0.25, 0.3) is 0 Å². The molecule has 1 N–H and O–H groups in total. The van der Waals surface area contributed by atoms with Crippen molar-refractivity contribution in [3.8, 4) is 0 Å². The standard InChI is InChI=1S/C15H24N2/c1-12-4-6-15(7-5-12)16-8-9-17-11-13(2)10-14(17)3/h4-7,13-14,16H,8-11H2,1-3H3. The molecule has 0 aromatic heterocycles. The van der Waals surface area contributed by atoms with Crippen LogP contribution in [-0.4, -0.2) is 30.6 Å². The first-order chi connectivity index (χ1) is 8.15. The van der Waals surface area contributed by atoms with E-state index < -0.39 is 0 Å². The minimum Gasteiger partial charge on any atom is -0.384 e. The Kier molecular flexibility index (Phi) is 4.06. The van der Waals surface area contributed by atoms with Gasteiger partial charge in [-0.1, -0.05) is 24.6 Å². The maximum absolute atomic E-state index is 3.49. The summed E-state index contributed by atoms with van der Waals surface area (Å²) in [7, 11) is 0. The number of hydrogen-bond donors (Lipinski definition) is 1. The Balaban J connectivity index is 1.74. The molecule has 0 saturated carbocycles. The Hall–Kier alpha value is -1.02. The van der Waals surface area contributed by atoms with Crippen LogP contribution in [0.15, 0.2) is 24.3 Å². The molecule has 2 atom stereocenters. The molecular formula is C15H24N2. The van der Waals surface area contributed by atoms with Gasteiger partial charge in [0.2, 0.25) is 0 Å². The first kappa shape index (κ1) is 12.4. The van der Waals surface area contributed by atoms with Gasteiger partial charge in [-0.25, -0.2) is 0 Å². The van der Waals surface area contributed by atoms with Crippen molar-refractivity contribution in [2.45, 2.75) is 33.2 Å². The number of likely N-dealkylation sites (tertiary alicyclic amines) is 1. The van der Waals surface area contributed by atoms with Crippen molar-refractivity contribution in [2.24, 2.45) is 5.92 Å². The number of benzene rings is 1. The van der Waals surface area contributed by atoms with Crippen LogP contribution in [0.1, 0.15) is 25.8 Å². The molecule has 0 radical (unpaired) electrons. The zero-order valence-electron chi connectivity index (χ0n) is 11.2. The van der Waals surface area contributed by atoms with E-state index in [1.165, 1.54) is 24.2 Å². The Labute approximate surface area is 105 Å². The molecule has 1 fully saturated rings. The highest BCUT2D eigenvalue weighted by molar-refractivity contribution is 5.44. The zero-order valence-corrected chi connectivity index (χ0v) is 11.2. The van der Waals surface area contributed by atoms with Gasteiger partial charge in [0.15, 0.2) is 0 Å². The Morgan fingerprint density at radius 1 is 1.24 bits per heavy atom. The number of hydrogen-bond acceptors (Lipinski definition) is 2. The highest BCUT2D eigenvalue weighted by atomic mass is 15.2. The summed E-state index contributed by atoms with van der Waals surface area (Å²) in [6.07, 6.45) is 1.35. The monoisotopic (exact) mass is 232 g/mol. The van der Waals surface area contributed by atoms with E-state index >= 15 is 0 Å². The normalized spacial score (nSPS) is 25.1. The van der Waals surface area contributed by atoms with Gasteiger partial charge in [-0.3, -0.25) is 4.90 Å². The van der Waals surface area contributed by atoms with Gasteiger partial charge in [0.05, 0.1) is 0 Å². The summed E-state index contributed by atoms with van der Waals surface area (Å²) in [5.74, 6) is 0.865. The second kappa shape index (κ2) is 5.54. The zero-order chi connectivity index (χ0) is 12.3. The summed E-state index contributed by atoms with van der Waals surface area (Å²) in [4.78, 5) is 2.59. The van der Waals surface area contributed by atoms with Gasteiger partial charge in [-0.15, -0.1) is 0 Å². The molecule has 0 amide bonds. The summed E-state index contributed by atoms with van der Waals surface area (Å²) in [6, 6.07) is 9.38. The number of nitrogens with zero attached hydrogens (tertiary/aromatic N) is 1. The number of rotatable bonds is 4. The van der Waals surface area contributed by atoms with Crippen LogP contribution >= 0.6 is 0 Å². The lowest BCUT2D eigenvalue weighted by Gasteiger charge is -2.21. The summed E-state index contributed by atoms with van der Waals surface area (Å²) in [5.41, 5.74) is 2.55. The first-order valence-corrected chi connectivity index (χ1v) is 6.70. The molecule has 1 aliphatic heterocycles. The summed E-state index contributed by atoms with van der Waals surface area (Å²) < 4.78 is 0. The summed E-state index contributed by atoms with van der Waals surface area (Å²) in [6.45, 7) is 10.3. The fraction of sp³-hybridized carbons (Fsp3) is 0.600. The third-order valence-corrected chi connectivity index (χ3v) is 3.69. The van der Waals surface area contributed by atoms with Crippen LogP contribution in [0.3, 0.4) is 0 Å². The molecule has 0 spiro atoms. The van der Waals surface area contributed by atoms with Crippen LogP contribution in [0.2, 0.25) is 0 Å². The maximum Gasteiger partial charge on any atom is 0.0340 e. The van der Waals surface area contributed by atoms with E-state index in [4.69, 9.17) is 0 Å². The lowest BCUT2D eigenvalue weighted by Crippen LogP contribution is -2.32. The second-order valence-electron chi connectivity index (χ2n) is 5.48. The predicted molar refractivity (Wildman–Crippen MR) is 74.5 cm³/mol. The van der Waals surface area contributed by atoms with E-state index in [-0.39, 0.29) is 0 Å². The van der Waals surface area contributed by atoms with Crippen molar-refractivity contribution in [1.29, 1.82) is 0 Å². The molecule has 2 nitrogen and oxygen atoms in total. The first-order valence-electron chi connectivity index (χ1n) is 6.70. The molecule has 1 aromatic rings. The summed E-state index contributed by atoms with van der Waals surface area (Å²) >= 11 is 0. The fourth-order valence-electron chi connectivity index (χ4n) is 2.71. The Morgan fingerprint density at radius 3 is 2.53 bits per heavy atom. The van der Waals surface area contributed by atoms with E-state index in [1.54, 1.807) is 0 Å². The number of aryl methyl sites for hydroxylation is 1. The molecule has 94 valence electrons. The third-order valence-electron chi connectivity index (χ3n) is 3.69. The highest BCUT2D eigenvalue weighted by Crippen LogP contribution is 2.21. The van der Waals surface area contributed by atoms with Crippen molar-refractivity contribution >= 4 is 5.69 Å². The van der Waals surface area contributed by atoms with E-state index in [0.717, 1.165) is 25.0 Å². The maximum atomic E-state index is 3.49. The summed E-state index contributed by atoms with van der Waals surface area (Å²) in [5, 5.41) is 3.49. The fourth-order valence-corrected chi connectivity index (χ4v) is 2.71. The molecule has 1 saturated heterocycles. The molecule has 2 unspecified atom stereocenters. The number of nitrogens with one attached hydrogen (secondary N) is 1. The Bertz CT molecular complexity index is 344. The van der Waals surface area contributed by atoms with Crippen LogP contribution < -0.4 is 5.32 Å². The molecular weight excluding hydrogens is 208 g/mol. The lowest BCUT2D eigenvalue weighted by atomic mass is 10.1. The van der Waals surface area contributed by atoms with E-state index in [2.05, 4.69) is 55.3 Å². The van der Waals surface area contributed by atoms with Crippen molar-refractivity contribution in [1.82, 2.24) is 4.90 Å². The topological polar surface area (TPSA) is 15.3 Å². The van der Waals surface area contributed by atoms with Crippen molar-refractivity contribution in [3.05, 3.63) is 29.8 Å². The quantitative estimate of drug-likeness (QED) is 0.858. The smallest absolute Gasteiger partial charge is 0.0340 e.